The van der Waals surface area contributed by atoms with Crippen molar-refractivity contribution in [3.8, 4) is 0 Å². The lowest BCUT2D eigenvalue weighted by Gasteiger charge is -2.33. The Morgan fingerprint density at radius 2 is 2.05 bits per heavy atom. The third kappa shape index (κ3) is 5.68. The number of nitrogens with zero attached hydrogens (tertiary/aromatic N) is 2. The SMILES string of the molecule is CC(C)CNCc1nc(CN(C)C2CCC(C)CC2)cs1. The maximum atomic E-state index is 4.77. The summed E-state index contributed by atoms with van der Waals surface area (Å²) in [5.41, 5.74) is 1.24. The van der Waals surface area contributed by atoms with Crippen LogP contribution in [0.1, 0.15) is 57.2 Å². The molecule has 0 aliphatic heterocycles. The van der Waals surface area contributed by atoms with E-state index in [-0.39, 0.29) is 0 Å². The number of thiazole rings is 1. The van der Waals surface area contributed by atoms with Gasteiger partial charge in [0.25, 0.3) is 0 Å². The topological polar surface area (TPSA) is 28.2 Å². The minimum absolute atomic E-state index is 0.698. The molecule has 1 aliphatic carbocycles. The third-order valence-electron chi connectivity index (χ3n) is 4.45. The smallest absolute Gasteiger partial charge is 0.107 e. The van der Waals surface area contributed by atoms with Crippen LogP contribution in [0.15, 0.2) is 5.38 Å². The van der Waals surface area contributed by atoms with Crippen molar-refractivity contribution in [3.05, 3.63) is 16.1 Å². The molecule has 1 saturated carbocycles. The van der Waals surface area contributed by atoms with Crippen LogP contribution in [0.3, 0.4) is 0 Å². The fraction of sp³-hybridized carbons (Fsp3) is 0.824. The number of aromatic nitrogens is 1. The predicted octanol–water partition coefficient (Wildman–Crippen LogP) is 3.90. The van der Waals surface area contributed by atoms with Crippen LogP contribution >= 0.6 is 11.3 Å². The number of hydrogen-bond donors (Lipinski definition) is 1. The van der Waals surface area contributed by atoms with Crippen LogP contribution in [-0.4, -0.2) is 29.5 Å². The van der Waals surface area contributed by atoms with Gasteiger partial charge in [0, 0.05) is 24.5 Å². The molecule has 0 aromatic carbocycles. The van der Waals surface area contributed by atoms with E-state index in [9.17, 15) is 0 Å². The summed E-state index contributed by atoms with van der Waals surface area (Å²) in [6.45, 7) is 9.83. The molecule has 120 valence electrons. The number of hydrogen-bond acceptors (Lipinski definition) is 4. The molecular formula is C17H31N3S. The van der Waals surface area contributed by atoms with Gasteiger partial charge < -0.3 is 5.32 Å². The molecule has 0 radical (unpaired) electrons. The summed E-state index contributed by atoms with van der Waals surface area (Å²) in [6, 6.07) is 0.755. The first-order chi connectivity index (χ1) is 10.0. The van der Waals surface area contributed by atoms with Crippen LogP contribution in [0.2, 0.25) is 0 Å². The summed E-state index contributed by atoms with van der Waals surface area (Å²) in [5.74, 6) is 1.62. The van der Waals surface area contributed by atoms with E-state index in [0.717, 1.165) is 31.6 Å². The first-order valence-corrected chi connectivity index (χ1v) is 9.26. The molecule has 1 aromatic heterocycles. The van der Waals surface area contributed by atoms with Gasteiger partial charge in [0.2, 0.25) is 0 Å². The Bertz CT molecular complexity index is 408. The molecular weight excluding hydrogens is 278 g/mol. The summed E-state index contributed by atoms with van der Waals surface area (Å²) in [4.78, 5) is 7.28. The van der Waals surface area contributed by atoms with Gasteiger partial charge in [-0.1, -0.05) is 20.8 Å². The van der Waals surface area contributed by atoms with Crippen molar-refractivity contribution in [2.45, 2.75) is 65.6 Å². The van der Waals surface area contributed by atoms with E-state index in [2.05, 4.69) is 43.4 Å². The summed E-state index contributed by atoms with van der Waals surface area (Å²) < 4.78 is 0. The van der Waals surface area contributed by atoms with Gasteiger partial charge in [-0.15, -0.1) is 11.3 Å². The zero-order chi connectivity index (χ0) is 15.2. The second kappa shape index (κ2) is 8.25. The van der Waals surface area contributed by atoms with E-state index in [0.29, 0.717) is 5.92 Å². The third-order valence-corrected chi connectivity index (χ3v) is 5.35. The summed E-state index contributed by atoms with van der Waals surface area (Å²) in [5, 5.41) is 6.92. The summed E-state index contributed by atoms with van der Waals surface area (Å²) in [7, 11) is 2.26. The number of nitrogens with one attached hydrogen (secondary N) is 1. The molecule has 0 saturated heterocycles. The van der Waals surface area contributed by atoms with Crippen molar-refractivity contribution < 1.29 is 0 Å². The predicted molar refractivity (Wildman–Crippen MR) is 91.5 cm³/mol. The minimum atomic E-state index is 0.698. The second-order valence-corrected chi connectivity index (χ2v) is 8.03. The van der Waals surface area contributed by atoms with Crippen molar-refractivity contribution in [2.24, 2.45) is 11.8 Å². The Balaban J connectivity index is 1.76. The molecule has 0 bridgehead atoms. The maximum absolute atomic E-state index is 4.77. The van der Waals surface area contributed by atoms with E-state index >= 15 is 0 Å². The van der Waals surface area contributed by atoms with E-state index in [1.165, 1.54) is 36.4 Å². The van der Waals surface area contributed by atoms with Crippen molar-refractivity contribution in [3.63, 3.8) is 0 Å². The summed E-state index contributed by atoms with van der Waals surface area (Å²) >= 11 is 1.79. The highest BCUT2D eigenvalue weighted by Gasteiger charge is 2.22. The zero-order valence-electron chi connectivity index (χ0n) is 14.1. The van der Waals surface area contributed by atoms with Crippen LogP contribution < -0.4 is 5.32 Å². The van der Waals surface area contributed by atoms with Gasteiger partial charge in [0.1, 0.15) is 5.01 Å². The van der Waals surface area contributed by atoms with Gasteiger partial charge in [-0.05, 0) is 51.1 Å². The first-order valence-electron chi connectivity index (χ1n) is 8.38. The van der Waals surface area contributed by atoms with Crippen LogP contribution in [0.25, 0.3) is 0 Å². The van der Waals surface area contributed by atoms with Crippen molar-refractivity contribution in [1.29, 1.82) is 0 Å². The molecule has 1 N–H and O–H groups in total. The highest BCUT2D eigenvalue weighted by atomic mass is 32.1. The van der Waals surface area contributed by atoms with Gasteiger partial charge in [-0.2, -0.15) is 0 Å². The molecule has 1 heterocycles. The Morgan fingerprint density at radius 1 is 1.33 bits per heavy atom. The largest absolute Gasteiger partial charge is 0.310 e. The molecule has 0 unspecified atom stereocenters. The molecule has 2 rings (SSSR count). The molecule has 1 aliphatic rings. The molecule has 3 nitrogen and oxygen atoms in total. The van der Waals surface area contributed by atoms with Crippen molar-refractivity contribution >= 4 is 11.3 Å². The van der Waals surface area contributed by atoms with Gasteiger partial charge in [-0.3, -0.25) is 4.90 Å². The van der Waals surface area contributed by atoms with E-state index < -0.39 is 0 Å². The van der Waals surface area contributed by atoms with Crippen LogP contribution in [-0.2, 0) is 13.1 Å². The van der Waals surface area contributed by atoms with E-state index in [1.807, 2.05) is 0 Å². The fourth-order valence-electron chi connectivity index (χ4n) is 3.04. The highest BCUT2D eigenvalue weighted by Crippen LogP contribution is 2.27. The quantitative estimate of drug-likeness (QED) is 0.828. The average Bonchev–Trinajstić information content (AvgIpc) is 2.86. The van der Waals surface area contributed by atoms with Gasteiger partial charge in [-0.25, -0.2) is 4.98 Å². The van der Waals surface area contributed by atoms with Crippen molar-refractivity contribution in [1.82, 2.24) is 15.2 Å². The Labute approximate surface area is 134 Å². The Hall–Kier alpha value is -0.450. The monoisotopic (exact) mass is 309 g/mol. The maximum Gasteiger partial charge on any atom is 0.107 e. The zero-order valence-corrected chi connectivity index (χ0v) is 14.9. The fourth-order valence-corrected chi connectivity index (χ4v) is 3.79. The number of rotatable bonds is 7. The Kier molecular flexibility index (Phi) is 6.65. The summed E-state index contributed by atoms with van der Waals surface area (Å²) in [6.07, 6.45) is 5.47. The first kappa shape index (κ1) is 16.9. The van der Waals surface area contributed by atoms with Crippen LogP contribution in [0, 0.1) is 11.8 Å². The minimum Gasteiger partial charge on any atom is -0.310 e. The van der Waals surface area contributed by atoms with Gasteiger partial charge >= 0.3 is 0 Å². The lowest BCUT2D eigenvalue weighted by atomic mass is 9.87. The van der Waals surface area contributed by atoms with E-state index in [4.69, 9.17) is 4.98 Å². The van der Waals surface area contributed by atoms with Crippen LogP contribution in [0.4, 0.5) is 0 Å². The second-order valence-electron chi connectivity index (χ2n) is 7.09. The highest BCUT2D eigenvalue weighted by molar-refractivity contribution is 7.09. The Morgan fingerprint density at radius 3 is 2.71 bits per heavy atom. The van der Waals surface area contributed by atoms with Crippen LogP contribution in [0.5, 0.6) is 0 Å². The molecule has 0 spiro atoms. The van der Waals surface area contributed by atoms with Gasteiger partial charge in [0.05, 0.1) is 5.69 Å². The average molecular weight is 310 g/mol. The molecule has 1 fully saturated rings. The standard InChI is InChI=1S/C17H31N3S/c1-13(2)9-18-10-17-19-15(12-21-17)11-20(4)16-7-5-14(3)6-8-16/h12-14,16,18H,5-11H2,1-4H3. The molecule has 4 heteroatoms. The van der Waals surface area contributed by atoms with E-state index in [1.54, 1.807) is 11.3 Å². The molecule has 21 heavy (non-hydrogen) atoms. The lowest BCUT2D eigenvalue weighted by molar-refractivity contribution is 0.162. The lowest BCUT2D eigenvalue weighted by Crippen LogP contribution is -2.34. The molecule has 0 amide bonds. The normalized spacial score (nSPS) is 23.1. The molecule has 0 atom stereocenters. The molecule has 1 aromatic rings. The van der Waals surface area contributed by atoms with Crippen molar-refractivity contribution in [2.75, 3.05) is 13.6 Å². The van der Waals surface area contributed by atoms with Gasteiger partial charge in [0.15, 0.2) is 0 Å².